The maximum atomic E-state index is 11.0. The molecule has 3 aromatic heterocycles. The van der Waals surface area contributed by atoms with E-state index in [-0.39, 0.29) is 5.75 Å². The largest absolute Gasteiger partial charge is 0.504 e. The lowest BCUT2D eigenvalue weighted by Crippen LogP contribution is -1.98. The van der Waals surface area contributed by atoms with E-state index in [9.17, 15) is 5.11 Å². The smallest absolute Gasteiger partial charge is 0.307 e. The molecule has 0 fully saturated rings. The zero-order chi connectivity index (χ0) is 28.0. The van der Waals surface area contributed by atoms with Gasteiger partial charge in [-0.15, -0.1) is 11.3 Å². The van der Waals surface area contributed by atoms with Gasteiger partial charge in [-0.05, 0) is 60.2 Å². The number of nitrogens with zero attached hydrogens (tertiary/aromatic N) is 3. The van der Waals surface area contributed by atoms with Gasteiger partial charge in [0, 0.05) is 32.8 Å². The van der Waals surface area contributed by atoms with Gasteiger partial charge in [0.2, 0.25) is 0 Å². The topological polar surface area (TPSA) is 60.2 Å². The van der Waals surface area contributed by atoms with E-state index in [1.165, 1.54) is 0 Å². The number of imidazole rings is 1. The lowest BCUT2D eigenvalue weighted by Gasteiger charge is -2.11. The molecule has 0 aliphatic rings. The average molecular weight is 562 g/mol. The molecule has 0 spiro atoms. The summed E-state index contributed by atoms with van der Waals surface area (Å²) in [5.41, 5.74) is 6.58. The third kappa shape index (κ3) is 4.00. The molecule has 200 valence electrons. The van der Waals surface area contributed by atoms with Gasteiger partial charge in [0.25, 0.3) is 0 Å². The van der Waals surface area contributed by atoms with Gasteiger partial charge in [-0.1, -0.05) is 72.8 Å². The Bertz CT molecular complexity index is 2240. The van der Waals surface area contributed by atoms with Crippen molar-refractivity contribution in [2.24, 2.45) is 0 Å². The number of pyridine rings is 1. The van der Waals surface area contributed by atoms with Crippen LogP contribution in [0.15, 0.2) is 134 Å². The van der Waals surface area contributed by atoms with Crippen molar-refractivity contribution in [2.45, 2.75) is 0 Å². The molecule has 0 saturated carbocycles. The molecule has 0 unspecified atom stereocenters. The Labute approximate surface area is 245 Å². The zero-order valence-corrected chi connectivity index (χ0v) is 23.1. The summed E-state index contributed by atoms with van der Waals surface area (Å²) in [6.45, 7) is 0. The van der Waals surface area contributed by atoms with E-state index in [0.29, 0.717) is 11.8 Å². The van der Waals surface area contributed by atoms with E-state index in [4.69, 9.17) is 9.72 Å². The molecular formula is C36H23N3O2S. The molecule has 5 nitrogen and oxygen atoms in total. The van der Waals surface area contributed by atoms with Gasteiger partial charge >= 0.3 is 6.01 Å². The van der Waals surface area contributed by atoms with Crippen LogP contribution >= 0.6 is 11.3 Å². The van der Waals surface area contributed by atoms with E-state index in [2.05, 4.69) is 41.4 Å². The number of hydrogen-bond acceptors (Lipinski definition) is 5. The highest BCUT2D eigenvalue weighted by Gasteiger charge is 2.21. The van der Waals surface area contributed by atoms with E-state index < -0.39 is 0 Å². The Morgan fingerprint density at radius 3 is 2.38 bits per heavy atom. The van der Waals surface area contributed by atoms with Crippen LogP contribution in [-0.2, 0) is 0 Å². The van der Waals surface area contributed by atoms with Gasteiger partial charge in [0.1, 0.15) is 5.52 Å². The zero-order valence-electron chi connectivity index (χ0n) is 22.3. The van der Waals surface area contributed by atoms with Gasteiger partial charge in [0.05, 0.1) is 21.6 Å². The Morgan fingerprint density at radius 1 is 0.690 bits per heavy atom. The Balaban J connectivity index is 1.34. The number of aromatic hydroxyl groups is 1. The van der Waals surface area contributed by atoms with Crippen LogP contribution in [0.25, 0.3) is 59.3 Å². The fourth-order valence-electron chi connectivity index (χ4n) is 5.53. The van der Waals surface area contributed by atoms with Gasteiger partial charge < -0.3 is 9.84 Å². The third-order valence-corrected chi connectivity index (χ3v) is 8.66. The van der Waals surface area contributed by atoms with Crippen LogP contribution in [0.1, 0.15) is 0 Å². The normalized spacial score (nSPS) is 11.4. The van der Waals surface area contributed by atoms with Crippen LogP contribution < -0.4 is 4.74 Å². The first-order valence-electron chi connectivity index (χ1n) is 13.6. The maximum absolute atomic E-state index is 11.0. The van der Waals surface area contributed by atoms with Crippen molar-refractivity contribution < 1.29 is 9.84 Å². The fourth-order valence-corrected chi connectivity index (χ4v) is 6.71. The average Bonchev–Trinajstić information content (AvgIpc) is 3.61. The number of hydrogen-bond donors (Lipinski definition) is 1. The molecule has 42 heavy (non-hydrogen) atoms. The van der Waals surface area contributed by atoms with Crippen molar-refractivity contribution in [3.8, 4) is 45.6 Å². The number of para-hydroxylation sites is 2. The van der Waals surface area contributed by atoms with Crippen LogP contribution in [0.5, 0.6) is 17.5 Å². The molecule has 5 aromatic carbocycles. The van der Waals surface area contributed by atoms with Gasteiger partial charge in [0.15, 0.2) is 11.5 Å². The number of ether oxygens (including phenoxy) is 1. The minimum atomic E-state index is 0.0732. The number of benzene rings is 5. The highest BCUT2D eigenvalue weighted by Crippen LogP contribution is 2.46. The molecule has 6 heteroatoms. The first kappa shape index (κ1) is 24.3. The quantitative estimate of drug-likeness (QED) is 0.227. The third-order valence-electron chi connectivity index (χ3n) is 7.48. The summed E-state index contributed by atoms with van der Waals surface area (Å²) in [5, 5.41) is 13.2. The number of rotatable bonds is 5. The van der Waals surface area contributed by atoms with Crippen LogP contribution in [0.2, 0.25) is 0 Å². The molecule has 0 aliphatic carbocycles. The number of thiophene rings is 1. The van der Waals surface area contributed by atoms with Crippen molar-refractivity contribution in [1.29, 1.82) is 0 Å². The fraction of sp³-hybridized carbons (Fsp3) is 0. The Hall–Kier alpha value is -5.46. The number of fused-ring (bicyclic) bond motifs is 4. The second-order valence-corrected chi connectivity index (χ2v) is 11.1. The number of phenolic OH excluding ortho intramolecular Hbond substituents is 1. The molecule has 8 rings (SSSR count). The summed E-state index contributed by atoms with van der Waals surface area (Å²) in [7, 11) is 0. The molecule has 0 saturated heterocycles. The Morgan fingerprint density at radius 2 is 1.50 bits per heavy atom. The van der Waals surface area contributed by atoms with Gasteiger partial charge in [-0.25, -0.2) is 0 Å². The van der Waals surface area contributed by atoms with Crippen LogP contribution in [0.3, 0.4) is 0 Å². The summed E-state index contributed by atoms with van der Waals surface area (Å²) in [4.78, 5) is 9.62. The first-order chi connectivity index (χ1) is 20.7. The lowest BCUT2D eigenvalue weighted by molar-refractivity contribution is 0.394. The van der Waals surface area contributed by atoms with Crippen molar-refractivity contribution in [2.75, 3.05) is 0 Å². The van der Waals surface area contributed by atoms with Crippen molar-refractivity contribution in [3.63, 3.8) is 0 Å². The summed E-state index contributed by atoms with van der Waals surface area (Å²) in [5.74, 6) is 0.476. The second kappa shape index (κ2) is 9.87. The number of aromatic nitrogens is 3. The Kier molecular flexibility index (Phi) is 5.72. The molecule has 3 heterocycles. The van der Waals surface area contributed by atoms with Crippen molar-refractivity contribution >= 4 is 42.5 Å². The van der Waals surface area contributed by atoms with E-state index >= 15 is 0 Å². The molecule has 0 bridgehead atoms. The standard InChI is InChI=1S/C36H23N3O2S/c40-31-20-19-28-27-14-4-5-18-32(27)42-35(28)34(31)41-36-38-33-26(15-9-17-30(33)39(36)25-12-2-1-3-13-25)23-10-8-11-24(22-23)29-16-6-7-21-37-29/h1-22,40H. The minimum absolute atomic E-state index is 0.0732. The molecule has 0 atom stereocenters. The monoisotopic (exact) mass is 561 g/mol. The minimum Gasteiger partial charge on any atom is -0.504 e. The van der Waals surface area contributed by atoms with Crippen molar-refractivity contribution in [3.05, 3.63) is 134 Å². The summed E-state index contributed by atoms with van der Waals surface area (Å²) in [6, 6.07) is 42.7. The summed E-state index contributed by atoms with van der Waals surface area (Å²) in [6.07, 6.45) is 1.81. The maximum Gasteiger partial charge on any atom is 0.307 e. The van der Waals surface area contributed by atoms with Crippen molar-refractivity contribution in [1.82, 2.24) is 14.5 Å². The molecule has 1 N–H and O–H groups in total. The lowest BCUT2D eigenvalue weighted by atomic mass is 10.0. The van der Waals surface area contributed by atoms with E-state index in [1.807, 2.05) is 89.5 Å². The summed E-state index contributed by atoms with van der Waals surface area (Å²) >= 11 is 1.60. The molecule has 0 radical (unpaired) electrons. The highest BCUT2D eigenvalue weighted by molar-refractivity contribution is 7.26. The van der Waals surface area contributed by atoms with Gasteiger partial charge in [-0.3, -0.25) is 9.55 Å². The molecule has 8 aromatic rings. The molecular weight excluding hydrogens is 538 g/mol. The van der Waals surface area contributed by atoms with E-state index in [0.717, 1.165) is 59.3 Å². The summed E-state index contributed by atoms with van der Waals surface area (Å²) < 4.78 is 10.6. The van der Waals surface area contributed by atoms with Crippen LogP contribution in [0.4, 0.5) is 0 Å². The van der Waals surface area contributed by atoms with E-state index in [1.54, 1.807) is 23.6 Å². The first-order valence-corrected chi connectivity index (χ1v) is 14.5. The second-order valence-electron chi connectivity index (χ2n) is 10.0. The predicted molar refractivity (Wildman–Crippen MR) is 171 cm³/mol. The highest BCUT2D eigenvalue weighted by atomic mass is 32.1. The van der Waals surface area contributed by atoms with Crippen LogP contribution in [0, 0.1) is 0 Å². The van der Waals surface area contributed by atoms with Crippen LogP contribution in [-0.4, -0.2) is 19.6 Å². The molecule has 0 aliphatic heterocycles. The predicted octanol–water partition coefficient (Wildman–Crippen LogP) is 9.62. The van der Waals surface area contributed by atoms with Gasteiger partial charge in [-0.2, -0.15) is 4.98 Å². The SMILES string of the molecule is Oc1ccc2c(sc3ccccc32)c1Oc1nc2c(-c3cccc(-c4ccccn4)c3)cccc2n1-c1ccccc1. The number of phenols is 1. The molecule has 0 amide bonds.